The molecule has 0 radical (unpaired) electrons. The van der Waals surface area contributed by atoms with Crippen LogP contribution in [-0.4, -0.2) is 67.8 Å². The summed E-state index contributed by atoms with van der Waals surface area (Å²) in [7, 11) is 3.66. The topological polar surface area (TPSA) is 71.4 Å². The van der Waals surface area contributed by atoms with Gasteiger partial charge in [-0.1, -0.05) is 6.07 Å². The molecule has 1 aliphatic heterocycles. The molecule has 1 aliphatic rings. The number of hydrogen-bond donors (Lipinski definition) is 2. The van der Waals surface area contributed by atoms with E-state index in [1.54, 1.807) is 7.11 Å². The summed E-state index contributed by atoms with van der Waals surface area (Å²) in [5, 5.41) is 19.8. The van der Waals surface area contributed by atoms with Crippen LogP contribution in [0.3, 0.4) is 0 Å². The third-order valence-corrected chi connectivity index (χ3v) is 4.30. The van der Waals surface area contributed by atoms with Gasteiger partial charge in [0.25, 0.3) is 0 Å². The average molecular weight is 339 g/mol. The molecule has 1 saturated heterocycles. The Hall–Kier alpha value is -1.18. The zero-order chi connectivity index (χ0) is 17.5. The van der Waals surface area contributed by atoms with Crippen LogP contribution in [0.2, 0.25) is 0 Å². The molecule has 0 bridgehead atoms. The third-order valence-electron chi connectivity index (χ3n) is 4.30. The molecule has 1 heterocycles. The minimum Gasteiger partial charge on any atom is -0.496 e. The van der Waals surface area contributed by atoms with Gasteiger partial charge in [-0.25, -0.2) is 0 Å². The van der Waals surface area contributed by atoms with E-state index in [2.05, 4.69) is 11.0 Å². The molecule has 3 atom stereocenters. The summed E-state index contributed by atoms with van der Waals surface area (Å²) in [6.07, 6.45) is -1.53. The summed E-state index contributed by atoms with van der Waals surface area (Å²) >= 11 is 0. The van der Waals surface area contributed by atoms with Crippen LogP contribution in [0.5, 0.6) is 5.75 Å². The fourth-order valence-electron chi connectivity index (χ4n) is 3.04. The van der Waals surface area contributed by atoms with Gasteiger partial charge in [-0.3, -0.25) is 0 Å². The van der Waals surface area contributed by atoms with Crippen LogP contribution in [0.1, 0.15) is 18.1 Å². The molecule has 6 nitrogen and oxygen atoms in total. The van der Waals surface area contributed by atoms with E-state index in [0.717, 1.165) is 23.4 Å². The fraction of sp³-hybridized carbons (Fsp3) is 0.667. The lowest BCUT2D eigenvalue weighted by atomic mass is 9.96. The predicted octanol–water partition coefficient (Wildman–Crippen LogP) is 1.03. The summed E-state index contributed by atoms with van der Waals surface area (Å²) in [5.41, 5.74) is 2.18. The van der Waals surface area contributed by atoms with Gasteiger partial charge in [0.05, 0.1) is 33.0 Å². The van der Waals surface area contributed by atoms with Gasteiger partial charge in [-0.15, -0.1) is 0 Å². The van der Waals surface area contributed by atoms with Gasteiger partial charge in [-0.2, -0.15) is 0 Å². The summed E-state index contributed by atoms with van der Waals surface area (Å²) < 4.78 is 16.2. The van der Waals surface area contributed by atoms with Crippen LogP contribution >= 0.6 is 0 Å². The summed E-state index contributed by atoms with van der Waals surface area (Å²) in [4.78, 5) is 2.13. The smallest absolute Gasteiger partial charge is 0.124 e. The van der Waals surface area contributed by atoms with Gasteiger partial charge in [0, 0.05) is 31.2 Å². The monoisotopic (exact) mass is 339 g/mol. The van der Waals surface area contributed by atoms with E-state index in [0.29, 0.717) is 26.4 Å². The van der Waals surface area contributed by atoms with Gasteiger partial charge >= 0.3 is 0 Å². The quantitative estimate of drug-likeness (QED) is 0.737. The molecular formula is C18H29NO5. The Morgan fingerprint density at radius 3 is 2.79 bits per heavy atom. The molecular weight excluding hydrogens is 310 g/mol. The second kappa shape index (κ2) is 9.34. The van der Waals surface area contributed by atoms with Crippen LogP contribution in [0.4, 0.5) is 0 Å². The molecule has 2 N–H and O–H groups in total. The number of rotatable bonds is 8. The van der Waals surface area contributed by atoms with Crippen molar-refractivity contribution in [3.63, 3.8) is 0 Å². The molecule has 0 aromatic heterocycles. The van der Waals surface area contributed by atoms with Crippen molar-refractivity contribution in [1.29, 1.82) is 0 Å². The van der Waals surface area contributed by atoms with E-state index < -0.39 is 12.2 Å². The van der Waals surface area contributed by atoms with Gasteiger partial charge in [0.1, 0.15) is 11.9 Å². The van der Waals surface area contributed by atoms with Crippen LogP contribution in [0.25, 0.3) is 0 Å². The molecule has 136 valence electrons. The van der Waals surface area contributed by atoms with Gasteiger partial charge in [0.15, 0.2) is 0 Å². The lowest BCUT2D eigenvalue weighted by molar-refractivity contribution is -0.125. The van der Waals surface area contributed by atoms with Gasteiger partial charge in [-0.05, 0) is 31.7 Å². The third kappa shape index (κ3) is 5.16. The molecule has 0 unspecified atom stereocenters. The molecule has 0 amide bonds. The van der Waals surface area contributed by atoms with Crippen molar-refractivity contribution in [2.24, 2.45) is 5.92 Å². The zero-order valence-corrected chi connectivity index (χ0v) is 14.8. The molecule has 0 aliphatic carbocycles. The lowest BCUT2D eigenvalue weighted by Crippen LogP contribution is -2.47. The van der Waals surface area contributed by atoms with Crippen molar-refractivity contribution in [2.45, 2.75) is 32.3 Å². The molecule has 0 saturated carbocycles. The summed E-state index contributed by atoms with van der Waals surface area (Å²) in [5.74, 6) is 0.744. The number of aliphatic hydroxyl groups is 2. The van der Waals surface area contributed by atoms with E-state index in [9.17, 15) is 10.2 Å². The van der Waals surface area contributed by atoms with Crippen LogP contribution in [0, 0.1) is 5.92 Å². The van der Waals surface area contributed by atoms with Crippen LogP contribution in [-0.2, 0) is 22.6 Å². The summed E-state index contributed by atoms with van der Waals surface area (Å²) in [6.45, 7) is 5.23. The maximum Gasteiger partial charge on any atom is 0.124 e. The Kier molecular flexibility index (Phi) is 7.45. The Balaban J connectivity index is 1.96. The van der Waals surface area contributed by atoms with Crippen molar-refractivity contribution in [3.8, 4) is 5.75 Å². The molecule has 1 fully saturated rings. The second-order valence-corrected chi connectivity index (χ2v) is 6.34. The predicted molar refractivity (Wildman–Crippen MR) is 91.0 cm³/mol. The van der Waals surface area contributed by atoms with E-state index in [-0.39, 0.29) is 12.5 Å². The Morgan fingerprint density at radius 1 is 1.29 bits per heavy atom. The molecule has 6 heteroatoms. The standard InChI is InChI=1S/C18H29NO5/c1-4-23-10-14-7-13(5-6-17(14)22-3)8-19(2)9-15-11-24-12-16(20)18(15)21/h5-7,15-16,18,20-21H,4,8-12H2,1-3H3/t15-,16-,18+/m1/s1. The first kappa shape index (κ1) is 19.1. The first-order chi connectivity index (χ1) is 11.5. The SMILES string of the molecule is CCOCc1cc(CN(C)C[C@@H]2COC[C@@H](O)[C@H]2O)ccc1OC. The van der Waals surface area contributed by atoms with Crippen molar-refractivity contribution in [1.82, 2.24) is 4.90 Å². The van der Waals surface area contributed by atoms with Crippen LogP contribution in [0.15, 0.2) is 18.2 Å². The number of methoxy groups -OCH3 is 1. The Morgan fingerprint density at radius 2 is 2.08 bits per heavy atom. The fourth-order valence-corrected chi connectivity index (χ4v) is 3.04. The minimum absolute atomic E-state index is 0.0834. The molecule has 1 aromatic rings. The summed E-state index contributed by atoms with van der Waals surface area (Å²) in [6, 6.07) is 6.08. The second-order valence-electron chi connectivity index (χ2n) is 6.34. The minimum atomic E-state index is -0.795. The first-order valence-corrected chi connectivity index (χ1v) is 8.41. The highest BCUT2D eigenvalue weighted by molar-refractivity contribution is 5.36. The number of benzene rings is 1. The number of hydrogen-bond acceptors (Lipinski definition) is 6. The van der Waals surface area contributed by atoms with Crippen molar-refractivity contribution >= 4 is 0 Å². The highest BCUT2D eigenvalue weighted by Gasteiger charge is 2.31. The average Bonchev–Trinajstić information content (AvgIpc) is 2.57. The largest absolute Gasteiger partial charge is 0.496 e. The number of nitrogens with zero attached hydrogens (tertiary/aromatic N) is 1. The van der Waals surface area contributed by atoms with Gasteiger partial charge < -0.3 is 29.3 Å². The normalized spacial score (nSPS) is 24.3. The van der Waals surface area contributed by atoms with Crippen molar-refractivity contribution in [3.05, 3.63) is 29.3 Å². The Bertz CT molecular complexity index is 510. The zero-order valence-electron chi connectivity index (χ0n) is 14.8. The molecule has 24 heavy (non-hydrogen) atoms. The van der Waals surface area contributed by atoms with E-state index >= 15 is 0 Å². The van der Waals surface area contributed by atoms with Crippen molar-refractivity contribution in [2.75, 3.05) is 40.5 Å². The van der Waals surface area contributed by atoms with E-state index in [1.807, 2.05) is 26.1 Å². The van der Waals surface area contributed by atoms with E-state index in [4.69, 9.17) is 14.2 Å². The number of ether oxygens (including phenoxy) is 3. The lowest BCUT2D eigenvalue weighted by Gasteiger charge is -2.34. The Labute approximate surface area is 143 Å². The molecule has 2 rings (SSSR count). The number of aliphatic hydroxyl groups excluding tert-OH is 2. The highest BCUT2D eigenvalue weighted by atomic mass is 16.5. The maximum atomic E-state index is 10.1. The van der Waals surface area contributed by atoms with E-state index in [1.165, 1.54) is 0 Å². The van der Waals surface area contributed by atoms with Crippen molar-refractivity contribution < 1.29 is 24.4 Å². The highest BCUT2D eigenvalue weighted by Crippen LogP contribution is 2.22. The maximum absolute atomic E-state index is 10.1. The first-order valence-electron chi connectivity index (χ1n) is 8.41. The molecule has 1 aromatic carbocycles. The van der Waals surface area contributed by atoms with Gasteiger partial charge in [0.2, 0.25) is 0 Å². The molecule has 0 spiro atoms. The van der Waals surface area contributed by atoms with Crippen LogP contribution < -0.4 is 4.74 Å².